The number of methoxy groups -OCH3 is 2. The molecule has 4 aromatic heterocycles. The summed E-state index contributed by atoms with van der Waals surface area (Å²) in [6, 6.07) is 4.24. The van der Waals surface area contributed by atoms with Crippen LogP contribution in [0.4, 0.5) is 9.59 Å². The number of amides is 4. The van der Waals surface area contributed by atoms with E-state index in [1.165, 1.54) is 14.2 Å². The standard InChI is InChI=1S/C38H46N8O6S2/c1-19(2)28(43-37(49)51-5)35(47)45-14-8-12-26(45)33-39-16-25(41-33)23-18-54-31-22(17-53-32(23)31)21-10-7-11-24-30(21)42-34(40-24)27-13-9-15-46(27)36(48)29(20(3)4)44-38(50)52-6/h7,10-11,16-20,26-29H,8-9,12-15H2,1-6H3,(H,39,41)(H,40,42)(H,43,49)(H,44,50)/t26?,27?,28-,29-/m0/s1. The van der Waals surface area contributed by atoms with Crippen LogP contribution in [0.25, 0.3) is 42.8 Å². The number of carbonyl (C=O) groups excluding carboxylic acids is 4. The van der Waals surface area contributed by atoms with E-state index in [4.69, 9.17) is 19.4 Å². The average molecular weight is 775 g/mol. The Hall–Kier alpha value is -4.96. The number of thiophene rings is 2. The Bertz CT molecular complexity index is 2190. The van der Waals surface area contributed by atoms with E-state index in [2.05, 4.69) is 37.4 Å². The Labute approximate surface area is 321 Å². The maximum absolute atomic E-state index is 13.7. The van der Waals surface area contributed by atoms with E-state index in [0.29, 0.717) is 13.1 Å². The van der Waals surface area contributed by atoms with Gasteiger partial charge in [0.25, 0.3) is 0 Å². The van der Waals surface area contributed by atoms with Crippen LogP contribution >= 0.6 is 22.7 Å². The summed E-state index contributed by atoms with van der Waals surface area (Å²) in [7, 11) is 2.58. The monoisotopic (exact) mass is 774 g/mol. The molecule has 0 aliphatic carbocycles. The Morgan fingerprint density at radius 2 is 1.33 bits per heavy atom. The molecule has 5 aromatic rings. The van der Waals surface area contributed by atoms with Gasteiger partial charge in [0.05, 0.1) is 58.6 Å². The van der Waals surface area contributed by atoms with Crippen molar-refractivity contribution >= 4 is 67.1 Å². The number of imidazole rings is 2. The highest BCUT2D eigenvalue weighted by Crippen LogP contribution is 2.46. The number of nitrogens with one attached hydrogen (secondary N) is 4. The van der Waals surface area contributed by atoms with E-state index in [9.17, 15) is 19.2 Å². The van der Waals surface area contributed by atoms with Crippen molar-refractivity contribution in [2.45, 2.75) is 77.5 Å². The zero-order valence-corrected chi connectivity index (χ0v) is 32.9. The second-order valence-electron chi connectivity index (χ2n) is 14.6. The molecule has 6 heterocycles. The van der Waals surface area contributed by atoms with Crippen molar-refractivity contribution in [1.29, 1.82) is 0 Å². The highest BCUT2D eigenvalue weighted by Gasteiger charge is 2.39. The number of rotatable bonds is 10. The predicted molar refractivity (Wildman–Crippen MR) is 208 cm³/mol. The molecule has 54 heavy (non-hydrogen) atoms. The molecule has 0 radical (unpaired) electrons. The molecule has 2 unspecified atom stereocenters. The molecular formula is C38H46N8O6S2. The van der Waals surface area contributed by atoms with Gasteiger partial charge in [-0.3, -0.25) is 9.59 Å². The summed E-state index contributed by atoms with van der Waals surface area (Å²) in [6.45, 7) is 8.78. The number of para-hydroxylation sites is 1. The molecule has 0 bridgehead atoms. The summed E-state index contributed by atoms with van der Waals surface area (Å²) in [5.74, 6) is 0.931. The molecule has 0 spiro atoms. The van der Waals surface area contributed by atoms with Crippen LogP contribution in [0.3, 0.4) is 0 Å². The van der Waals surface area contributed by atoms with Gasteiger partial charge in [-0.2, -0.15) is 0 Å². The Kier molecular flexibility index (Phi) is 10.7. The molecule has 14 nitrogen and oxygen atoms in total. The number of aromatic nitrogens is 4. The van der Waals surface area contributed by atoms with Crippen molar-refractivity contribution in [2.24, 2.45) is 11.8 Å². The molecule has 2 fully saturated rings. The third-order valence-corrected chi connectivity index (χ3v) is 12.6. The number of hydrogen-bond acceptors (Lipinski definition) is 10. The van der Waals surface area contributed by atoms with Gasteiger partial charge in [0.1, 0.15) is 23.7 Å². The van der Waals surface area contributed by atoms with Crippen LogP contribution < -0.4 is 10.6 Å². The molecule has 7 rings (SSSR count). The van der Waals surface area contributed by atoms with E-state index in [0.717, 1.165) is 80.1 Å². The fourth-order valence-corrected chi connectivity index (χ4v) is 10.1. The van der Waals surface area contributed by atoms with Crippen molar-refractivity contribution in [3.05, 3.63) is 46.8 Å². The first-order valence-electron chi connectivity index (χ1n) is 18.3. The molecule has 0 saturated carbocycles. The van der Waals surface area contributed by atoms with Crippen molar-refractivity contribution in [3.63, 3.8) is 0 Å². The minimum Gasteiger partial charge on any atom is -0.453 e. The number of aromatic amines is 2. The van der Waals surface area contributed by atoms with Crippen LogP contribution in [0.5, 0.6) is 0 Å². The summed E-state index contributed by atoms with van der Waals surface area (Å²) >= 11 is 3.33. The summed E-state index contributed by atoms with van der Waals surface area (Å²) < 4.78 is 11.8. The lowest BCUT2D eigenvalue weighted by Crippen LogP contribution is -2.51. The molecule has 2 saturated heterocycles. The second kappa shape index (κ2) is 15.4. The Morgan fingerprint density at radius 1 is 0.778 bits per heavy atom. The SMILES string of the molecule is COC(=O)N[C@H](C(=O)N1CCCC1c1ncc(-c2csc3c(-c4cccc5[nH]c(C6CCCN6C(=O)[C@@H](NC(=O)OC)C(C)C)nc45)csc23)[nH]1)C(C)C. The van der Waals surface area contributed by atoms with E-state index < -0.39 is 24.3 Å². The number of H-pyrrole nitrogens is 2. The van der Waals surface area contributed by atoms with E-state index >= 15 is 0 Å². The van der Waals surface area contributed by atoms with Crippen LogP contribution in [0.2, 0.25) is 0 Å². The Morgan fingerprint density at radius 3 is 1.91 bits per heavy atom. The summed E-state index contributed by atoms with van der Waals surface area (Å²) in [5.41, 5.74) is 5.74. The lowest BCUT2D eigenvalue weighted by atomic mass is 10.0. The molecule has 286 valence electrons. The largest absolute Gasteiger partial charge is 0.453 e. The topological polar surface area (TPSA) is 175 Å². The molecule has 4 atom stereocenters. The number of alkyl carbamates (subject to hydrolysis) is 2. The van der Waals surface area contributed by atoms with Crippen LogP contribution in [0.1, 0.15) is 77.1 Å². The van der Waals surface area contributed by atoms with Gasteiger partial charge in [-0.1, -0.05) is 39.8 Å². The quantitative estimate of drug-likeness (QED) is 0.118. The lowest BCUT2D eigenvalue weighted by molar-refractivity contribution is -0.136. The van der Waals surface area contributed by atoms with Crippen molar-refractivity contribution < 1.29 is 28.7 Å². The van der Waals surface area contributed by atoms with E-state index in [1.54, 1.807) is 22.7 Å². The molecule has 2 aliphatic heterocycles. The maximum atomic E-state index is 13.7. The molecule has 4 N–H and O–H groups in total. The van der Waals surface area contributed by atoms with Crippen LogP contribution in [-0.2, 0) is 19.1 Å². The average Bonchev–Trinajstić information content (AvgIpc) is 4.00. The summed E-state index contributed by atoms with van der Waals surface area (Å²) in [5, 5.41) is 9.73. The number of hydrogen-bond donors (Lipinski definition) is 4. The minimum absolute atomic E-state index is 0.114. The first kappa shape index (κ1) is 37.4. The zero-order chi connectivity index (χ0) is 38.3. The maximum Gasteiger partial charge on any atom is 0.407 e. The number of likely N-dealkylation sites (tertiary alicyclic amines) is 2. The fourth-order valence-electron chi connectivity index (χ4n) is 7.65. The summed E-state index contributed by atoms with van der Waals surface area (Å²) in [6.07, 6.45) is 3.80. The van der Waals surface area contributed by atoms with E-state index in [1.807, 2.05) is 55.8 Å². The third-order valence-electron chi connectivity index (χ3n) is 10.5. The number of benzene rings is 1. The predicted octanol–water partition coefficient (Wildman–Crippen LogP) is 6.98. The number of carbonyl (C=O) groups is 4. The molecule has 1 aromatic carbocycles. The van der Waals surface area contributed by atoms with Gasteiger partial charge in [-0.15, -0.1) is 22.7 Å². The molecule has 4 amide bonds. The summed E-state index contributed by atoms with van der Waals surface area (Å²) in [4.78, 5) is 72.0. The fraction of sp³-hybridized carbons (Fsp3) is 0.474. The van der Waals surface area contributed by atoms with Crippen molar-refractivity contribution in [3.8, 4) is 22.4 Å². The zero-order valence-electron chi connectivity index (χ0n) is 31.2. The Balaban J connectivity index is 1.14. The van der Waals surface area contributed by atoms with Crippen LogP contribution in [0.15, 0.2) is 35.2 Å². The molecule has 2 aliphatic rings. The number of ether oxygens (including phenoxy) is 2. The minimum atomic E-state index is -0.705. The van der Waals surface area contributed by atoms with Gasteiger partial charge in [0.15, 0.2) is 0 Å². The van der Waals surface area contributed by atoms with Gasteiger partial charge in [-0.25, -0.2) is 19.6 Å². The third kappa shape index (κ3) is 6.92. The van der Waals surface area contributed by atoms with E-state index in [-0.39, 0.29) is 35.7 Å². The smallest absolute Gasteiger partial charge is 0.407 e. The second-order valence-corrected chi connectivity index (χ2v) is 16.3. The van der Waals surface area contributed by atoms with Gasteiger partial charge in [-0.05, 0) is 43.6 Å². The van der Waals surface area contributed by atoms with Crippen molar-refractivity contribution in [1.82, 2.24) is 40.4 Å². The first-order chi connectivity index (χ1) is 26.0. The molecular weight excluding hydrogens is 729 g/mol. The normalized spacial score (nSPS) is 18.5. The highest BCUT2D eigenvalue weighted by atomic mass is 32.1. The van der Waals surface area contributed by atoms with Gasteiger partial charge < -0.3 is 39.9 Å². The number of nitrogens with zero attached hydrogens (tertiary/aromatic N) is 4. The van der Waals surface area contributed by atoms with Crippen molar-refractivity contribution in [2.75, 3.05) is 27.3 Å². The van der Waals surface area contributed by atoms with Gasteiger partial charge in [0, 0.05) is 40.5 Å². The highest BCUT2D eigenvalue weighted by molar-refractivity contribution is 7.27. The van der Waals surface area contributed by atoms with Crippen LogP contribution in [-0.4, -0.2) is 93.1 Å². The molecule has 16 heteroatoms. The first-order valence-corrected chi connectivity index (χ1v) is 20.1. The van der Waals surface area contributed by atoms with Gasteiger partial charge in [0.2, 0.25) is 11.8 Å². The van der Waals surface area contributed by atoms with Crippen LogP contribution in [0, 0.1) is 11.8 Å². The number of fused-ring (bicyclic) bond motifs is 2. The lowest BCUT2D eigenvalue weighted by Gasteiger charge is -2.30. The van der Waals surface area contributed by atoms with Gasteiger partial charge >= 0.3 is 12.2 Å².